The minimum Gasteiger partial charge on any atom is -0.497 e. The average molecular weight is 392 g/mol. The molecule has 1 aliphatic rings. The highest BCUT2D eigenvalue weighted by Gasteiger charge is 2.22. The average Bonchev–Trinajstić information content (AvgIpc) is 3.08. The number of aromatic nitrogens is 1. The molecule has 1 saturated heterocycles. The van der Waals surface area contributed by atoms with E-state index in [2.05, 4.69) is 41.1 Å². The van der Waals surface area contributed by atoms with Gasteiger partial charge in [-0.3, -0.25) is 9.69 Å². The fourth-order valence-electron chi connectivity index (χ4n) is 4.13. The number of aromatic amines is 1. The number of rotatable bonds is 6. The van der Waals surface area contributed by atoms with Gasteiger partial charge in [0, 0.05) is 49.3 Å². The van der Waals surface area contributed by atoms with E-state index in [-0.39, 0.29) is 5.91 Å². The Morgan fingerprint density at radius 3 is 2.48 bits per heavy atom. The van der Waals surface area contributed by atoms with Gasteiger partial charge in [0.2, 0.25) is 5.91 Å². The Labute approximate surface area is 172 Å². The number of aryl methyl sites for hydroxylation is 1. The van der Waals surface area contributed by atoms with E-state index in [1.54, 1.807) is 7.11 Å². The Balaban J connectivity index is 1.28. The van der Waals surface area contributed by atoms with Crippen LogP contribution in [0.4, 0.5) is 0 Å². The number of methoxy groups -OCH3 is 1. The first-order valence-electron chi connectivity index (χ1n) is 10.3. The minimum absolute atomic E-state index is 0.229. The maximum atomic E-state index is 12.9. The first kappa shape index (κ1) is 19.5. The molecule has 0 radical (unpaired) electrons. The molecule has 0 unspecified atom stereocenters. The number of ether oxygens (including phenoxy) is 1. The number of para-hydroxylation sites is 1. The molecule has 5 nitrogen and oxygen atoms in total. The van der Waals surface area contributed by atoms with Crippen molar-refractivity contribution in [2.24, 2.45) is 0 Å². The van der Waals surface area contributed by atoms with Crippen LogP contribution in [0.15, 0.2) is 48.5 Å². The molecule has 2 heterocycles. The van der Waals surface area contributed by atoms with Crippen molar-refractivity contribution < 1.29 is 9.53 Å². The number of nitrogens with one attached hydrogen (secondary N) is 1. The van der Waals surface area contributed by atoms with Gasteiger partial charge >= 0.3 is 0 Å². The number of benzene rings is 2. The molecule has 152 valence electrons. The van der Waals surface area contributed by atoms with Gasteiger partial charge in [-0.05, 0) is 42.7 Å². The summed E-state index contributed by atoms with van der Waals surface area (Å²) in [6, 6.07) is 16.5. The normalized spacial score (nSPS) is 15.0. The molecule has 1 aliphatic heterocycles. The molecule has 0 aliphatic carbocycles. The van der Waals surface area contributed by atoms with Crippen LogP contribution in [0.2, 0.25) is 0 Å². The van der Waals surface area contributed by atoms with Crippen LogP contribution in [-0.2, 0) is 17.6 Å². The lowest BCUT2D eigenvalue weighted by atomic mass is 10.1. The summed E-state index contributed by atoms with van der Waals surface area (Å²) in [6.07, 6.45) is 1.49. The SMILES string of the molecule is COc1ccc(CCN2CCN(C(=O)Cc3c(C)[nH]c4ccccc34)CC2)cc1. The molecule has 1 amide bonds. The van der Waals surface area contributed by atoms with E-state index < -0.39 is 0 Å². The molecule has 5 heteroatoms. The van der Waals surface area contributed by atoms with E-state index in [9.17, 15) is 4.79 Å². The van der Waals surface area contributed by atoms with Gasteiger partial charge in [0.05, 0.1) is 13.5 Å². The fourth-order valence-corrected chi connectivity index (χ4v) is 4.13. The Kier molecular flexibility index (Phi) is 5.86. The number of hydrogen-bond donors (Lipinski definition) is 1. The molecular weight excluding hydrogens is 362 g/mol. The summed E-state index contributed by atoms with van der Waals surface area (Å²) in [5.74, 6) is 1.12. The number of carbonyl (C=O) groups is 1. The molecule has 2 aromatic carbocycles. The lowest BCUT2D eigenvalue weighted by Crippen LogP contribution is -2.49. The molecule has 0 saturated carbocycles. The molecule has 1 aromatic heterocycles. The third-order valence-electron chi connectivity index (χ3n) is 5.96. The predicted molar refractivity (Wildman–Crippen MR) is 116 cm³/mol. The Hall–Kier alpha value is -2.79. The van der Waals surface area contributed by atoms with E-state index >= 15 is 0 Å². The highest BCUT2D eigenvalue weighted by atomic mass is 16.5. The van der Waals surface area contributed by atoms with Crippen LogP contribution in [0.25, 0.3) is 10.9 Å². The van der Waals surface area contributed by atoms with Crippen LogP contribution >= 0.6 is 0 Å². The molecule has 0 atom stereocenters. The van der Waals surface area contributed by atoms with E-state index in [1.165, 1.54) is 5.56 Å². The number of amides is 1. The molecule has 3 aromatic rings. The van der Waals surface area contributed by atoms with Crippen LogP contribution < -0.4 is 4.74 Å². The highest BCUT2D eigenvalue weighted by Crippen LogP contribution is 2.23. The van der Waals surface area contributed by atoms with Crippen LogP contribution in [0.5, 0.6) is 5.75 Å². The fraction of sp³-hybridized carbons (Fsp3) is 0.375. The molecule has 1 N–H and O–H groups in total. The van der Waals surface area contributed by atoms with Crippen LogP contribution in [0.3, 0.4) is 0 Å². The van der Waals surface area contributed by atoms with E-state index in [0.717, 1.165) is 67.1 Å². The molecule has 0 bridgehead atoms. The third-order valence-corrected chi connectivity index (χ3v) is 5.96. The summed E-state index contributed by atoms with van der Waals surface area (Å²) >= 11 is 0. The van der Waals surface area contributed by atoms with Crippen molar-refractivity contribution in [3.8, 4) is 5.75 Å². The van der Waals surface area contributed by atoms with Crippen molar-refractivity contribution >= 4 is 16.8 Å². The molecule has 0 spiro atoms. The molecule has 1 fully saturated rings. The number of H-pyrrole nitrogens is 1. The third kappa shape index (κ3) is 4.46. The predicted octanol–water partition coefficient (Wildman–Crippen LogP) is 3.41. The zero-order valence-corrected chi connectivity index (χ0v) is 17.3. The first-order valence-corrected chi connectivity index (χ1v) is 10.3. The number of piperazine rings is 1. The van der Waals surface area contributed by atoms with Gasteiger partial charge < -0.3 is 14.6 Å². The topological polar surface area (TPSA) is 48.6 Å². The summed E-state index contributed by atoms with van der Waals surface area (Å²) < 4.78 is 5.22. The van der Waals surface area contributed by atoms with Crippen molar-refractivity contribution in [1.82, 2.24) is 14.8 Å². The maximum Gasteiger partial charge on any atom is 0.227 e. The minimum atomic E-state index is 0.229. The summed E-state index contributed by atoms with van der Waals surface area (Å²) in [5, 5.41) is 1.16. The summed E-state index contributed by atoms with van der Waals surface area (Å²) in [4.78, 5) is 20.8. The Morgan fingerprint density at radius 1 is 1.03 bits per heavy atom. The van der Waals surface area contributed by atoms with Gasteiger partial charge in [0.1, 0.15) is 5.75 Å². The second kappa shape index (κ2) is 8.70. The van der Waals surface area contributed by atoms with Gasteiger partial charge in [-0.2, -0.15) is 0 Å². The van der Waals surface area contributed by atoms with Crippen molar-refractivity contribution in [1.29, 1.82) is 0 Å². The maximum absolute atomic E-state index is 12.9. The zero-order valence-electron chi connectivity index (χ0n) is 17.3. The van der Waals surface area contributed by atoms with Crippen molar-refractivity contribution in [3.63, 3.8) is 0 Å². The van der Waals surface area contributed by atoms with E-state index in [1.807, 2.05) is 29.2 Å². The monoisotopic (exact) mass is 391 g/mol. The van der Waals surface area contributed by atoms with E-state index in [0.29, 0.717) is 6.42 Å². The van der Waals surface area contributed by atoms with Crippen LogP contribution in [-0.4, -0.2) is 60.5 Å². The van der Waals surface area contributed by atoms with Gasteiger partial charge in [0.25, 0.3) is 0 Å². The standard InChI is InChI=1S/C24H29N3O2/c1-18-22(21-5-3-4-6-23(21)25-18)17-24(28)27-15-13-26(14-16-27)12-11-19-7-9-20(29-2)10-8-19/h3-10,25H,11-17H2,1-2H3. The second-order valence-electron chi connectivity index (χ2n) is 7.77. The lowest BCUT2D eigenvalue weighted by molar-refractivity contribution is -0.132. The van der Waals surface area contributed by atoms with Crippen LogP contribution in [0.1, 0.15) is 16.8 Å². The van der Waals surface area contributed by atoms with Crippen LogP contribution in [0, 0.1) is 6.92 Å². The van der Waals surface area contributed by atoms with Gasteiger partial charge in [0.15, 0.2) is 0 Å². The van der Waals surface area contributed by atoms with Gasteiger partial charge in [-0.25, -0.2) is 0 Å². The number of hydrogen-bond acceptors (Lipinski definition) is 3. The molecular formula is C24H29N3O2. The lowest BCUT2D eigenvalue weighted by Gasteiger charge is -2.35. The highest BCUT2D eigenvalue weighted by molar-refractivity contribution is 5.90. The number of carbonyl (C=O) groups excluding carboxylic acids is 1. The van der Waals surface area contributed by atoms with Crippen molar-refractivity contribution in [2.75, 3.05) is 39.8 Å². The van der Waals surface area contributed by atoms with E-state index in [4.69, 9.17) is 4.74 Å². The first-order chi connectivity index (χ1) is 14.1. The zero-order chi connectivity index (χ0) is 20.2. The number of fused-ring (bicyclic) bond motifs is 1. The molecule has 29 heavy (non-hydrogen) atoms. The summed E-state index contributed by atoms with van der Waals surface area (Å²) in [6.45, 7) is 6.57. The Morgan fingerprint density at radius 2 is 1.76 bits per heavy atom. The Bertz CT molecular complexity index is 969. The summed E-state index contributed by atoms with van der Waals surface area (Å²) in [7, 11) is 1.69. The smallest absolute Gasteiger partial charge is 0.227 e. The largest absolute Gasteiger partial charge is 0.497 e. The summed E-state index contributed by atoms with van der Waals surface area (Å²) in [5.41, 5.74) is 4.65. The van der Waals surface area contributed by atoms with Crippen molar-refractivity contribution in [2.45, 2.75) is 19.8 Å². The van der Waals surface area contributed by atoms with Crippen molar-refractivity contribution in [3.05, 3.63) is 65.4 Å². The van der Waals surface area contributed by atoms with Gasteiger partial charge in [-0.15, -0.1) is 0 Å². The number of nitrogens with zero attached hydrogens (tertiary/aromatic N) is 2. The second-order valence-corrected chi connectivity index (χ2v) is 7.77. The molecule has 4 rings (SSSR count). The van der Waals surface area contributed by atoms with Gasteiger partial charge in [-0.1, -0.05) is 30.3 Å². The quantitative estimate of drug-likeness (QED) is 0.701.